The summed E-state index contributed by atoms with van der Waals surface area (Å²) in [6, 6.07) is 14.5. The van der Waals surface area contributed by atoms with Gasteiger partial charge in [0.15, 0.2) is 0 Å². The molecule has 3 aromatic rings. The van der Waals surface area contributed by atoms with Gasteiger partial charge in [-0.2, -0.15) is 0 Å². The first kappa shape index (κ1) is 25.9. The van der Waals surface area contributed by atoms with Gasteiger partial charge in [-0.3, -0.25) is 4.98 Å². The summed E-state index contributed by atoms with van der Waals surface area (Å²) in [5, 5.41) is 22.0. The van der Waals surface area contributed by atoms with Crippen molar-refractivity contribution in [2.24, 2.45) is 11.8 Å². The van der Waals surface area contributed by atoms with Crippen molar-refractivity contribution in [1.29, 1.82) is 0 Å². The maximum Gasteiger partial charge on any atom is 0.136 e. The van der Waals surface area contributed by atoms with E-state index in [0.717, 1.165) is 66.9 Å². The van der Waals surface area contributed by atoms with E-state index in [9.17, 15) is 14.6 Å². The van der Waals surface area contributed by atoms with Crippen molar-refractivity contribution in [3.8, 4) is 5.75 Å². The number of thioether (sulfide) groups is 1. The maximum atomic E-state index is 13.8. The lowest BCUT2D eigenvalue weighted by Crippen LogP contribution is -2.42. The molecule has 0 radical (unpaired) electrons. The van der Waals surface area contributed by atoms with Crippen molar-refractivity contribution in [1.82, 2.24) is 9.88 Å². The highest BCUT2D eigenvalue weighted by Crippen LogP contribution is 2.33. The van der Waals surface area contributed by atoms with Crippen molar-refractivity contribution >= 4 is 22.7 Å². The van der Waals surface area contributed by atoms with E-state index < -0.39 is 6.10 Å². The van der Waals surface area contributed by atoms with Gasteiger partial charge in [-0.25, -0.2) is 4.39 Å². The number of benzene rings is 2. The number of hydrogen-bond acceptors (Lipinski definition) is 6. The van der Waals surface area contributed by atoms with Crippen LogP contribution in [0.1, 0.15) is 37.4 Å². The minimum atomic E-state index is -0.583. The van der Waals surface area contributed by atoms with Gasteiger partial charge in [0.25, 0.3) is 0 Å². The molecule has 5 nitrogen and oxygen atoms in total. The first-order valence-electron chi connectivity index (χ1n) is 12.4. The van der Waals surface area contributed by atoms with Gasteiger partial charge in [-0.05, 0) is 98.3 Å². The summed E-state index contributed by atoms with van der Waals surface area (Å²) in [5.74, 6) is 2.08. The first-order chi connectivity index (χ1) is 17.1. The van der Waals surface area contributed by atoms with E-state index in [4.69, 9.17) is 4.74 Å². The molecule has 0 unspecified atom stereocenters. The molecule has 4 rings (SSSR count). The SMILES string of the molecule is COc1ccc2nccc([C@H](O)CC[C@@H]3CCN(CCCSc4ccccc4F)C[C@@H]3CO)c2c1. The highest BCUT2D eigenvalue weighted by molar-refractivity contribution is 7.99. The Kier molecular flexibility index (Phi) is 9.38. The Morgan fingerprint density at radius 1 is 1.20 bits per heavy atom. The van der Waals surface area contributed by atoms with Crippen molar-refractivity contribution in [2.75, 3.05) is 39.1 Å². The van der Waals surface area contributed by atoms with Gasteiger partial charge < -0.3 is 19.8 Å². The molecule has 2 heterocycles. The largest absolute Gasteiger partial charge is 0.497 e. The number of piperidine rings is 1. The number of methoxy groups -OCH3 is 1. The minimum Gasteiger partial charge on any atom is -0.497 e. The number of aliphatic hydroxyl groups excluding tert-OH is 2. The Hall–Kier alpha value is -2.19. The lowest BCUT2D eigenvalue weighted by molar-refractivity contribution is 0.0581. The third-order valence-corrected chi connectivity index (χ3v) is 8.21. The number of pyridine rings is 1. The fourth-order valence-electron chi connectivity index (χ4n) is 5.07. The summed E-state index contributed by atoms with van der Waals surface area (Å²) in [6.07, 6.45) is 4.68. The summed E-state index contributed by atoms with van der Waals surface area (Å²) >= 11 is 1.56. The Labute approximate surface area is 211 Å². The van der Waals surface area contributed by atoms with E-state index in [2.05, 4.69) is 9.88 Å². The predicted octanol–water partition coefficient (Wildman–Crippen LogP) is 5.31. The third-order valence-electron chi connectivity index (χ3n) is 7.08. The molecular weight excluding hydrogens is 463 g/mol. The van der Waals surface area contributed by atoms with Crippen LogP contribution in [0.3, 0.4) is 0 Å². The van der Waals surface area contributed by atoms with Gasteiger partial charge in [-0.1, -0.05) is 12.1 Å². The molecule has 1 saturated heterocycles. The van der Waals surface area contributed by atoms with E-state index in [1.165, 1.54) is 6.07 Å². The molecule has 2 N–H and O–H groups in total. The number of likely N-dealkylation sites (tertiary alicyclic amines) is 1. The van der Waals surface area contributed by atoms with E-state index in [0.29, 0.717) is 17.2 Å². The van der Waals surface area contributed by atoms with Crippen LogP contribution in [0.15, 0.2) is 59.6 Å². The second-order valence-electron chi connectivity index (χ2n) is 9.30. The number of rotatable bonds is 11. The summed E-state index contributed by atoms with van der Waals surface area (Å²) < 4.78 is 19.1. The van der Waals surface area contributed by atoms with Gasteiger partial charge in [0.05, 0.1) is 18.7 Å². The summed E-state index contributed by atoms with van der Waals surface area (Å²) in [7, 11) is 1.64. The number of nitrogens with zero attached hydrogens (tertiary/aromatic N) is 2. The highest BCUT2D eigenvalue weighted by atomic mass is 32.2. The van der Waals surface area contributed by atoms with Crippen LogP contribution in [-0.4, -0.2) is 59.2 Å². The Morgan fingerprint density at radius 3 is 2.86 bits per heavy atom. The highest BCUT2D eigenvalue weighted by Gasteiger charge is 2.29. The van der Waals surface area contributed by atoms with Crippen LogP contribution in [0.25, 0.3) is 10.9 Å². The minimum absolute atomic E-state index is 0.153. The molecule has 1 aliphatic heterocycles. The van der Waals surface area contributed by atoms with Crippen LogP contribution >= 0.6 is 11.8 Å². The third kappa shape index (κ3) is 6.73. The van der Waals surface area contributed by atoms with E-state index in [1.54, 1.807) is 31.1 Å². The molecule has 0 amide bonds. The quantitative estimate of drug-likeness (QED) is 0.276. The van der Waals surface area contributed by atoms with Crippen LogP contribution in [-0.2, 0) is 0 Å². The molecule has 35 heavy (non-hydrogen) atoms. The molecule has 1 aromatic heterocycles. The lowest BCUT2D eigenvalue weighted by atomic mass is 9.81. The van der Waals surface area contributed by atoms with Gasteiger partial charge in [-0.15, -0.1) is 11.8 Å². The van der Waals surface area contributed by atoms with Gasteiger partial charge >= 0.3 is 0 Å². The van der Waals surface area contributed by atoms with Crippen LogP contribution < -0.4 is 4.74 Å². The molecular formula is C28H35FN2O3S. The standard InChI is InChI=1S/C28H35FN2O3S/c1-34-22-8-9-26-24(17-22)23(11-13-30-26)27(33)10-7-20-12-15-31(18-21(20)19-32)14-4-16-35-28-6-3-2-5-25(28)29/h2-3,5-6,8-9,11,13,17,20-21,27,32-33H,4,7,10,12,14-16,18-19H2,1H3/t20-,21-,27-/m1/s1. The topological polar surface area (TPSA) is 65.8 Å². The molecule has 0 saturated carbocycles. The second kappa shape index (κ2) is 12.7. The molecule has 188 valence electrons. The summed E-state index contributed by atoms with van der Waals surface area (Å²) in [4.78, 5) is 7.53. The maximum absolute atomic E-state index is 13.8. The van der Waals surface area contributed by atoms with Crippen LogP contribution in [0.4, 0.5) is 4.39 Å². The zero-order chi connectivity index (χ0) is 24.6. The van der Waals surface area contributed by atoms with Crippen molar-refractivity contribution in [3.05, 3.63) is 66.1 Å². The molecule has 0 bridgehead atoms. The first-order valence-corrected chi connectivity index (χ1v) is 13.4. The number of halogens is 1. The average Bonchev–Trinajstić information content (AvgIpc) is 2.90. The lowest BCUT2D eigenvalue weighted by Gasteiger charge is -2.38. The van der Waals surface area contributed by atoms with Crippen LogP contribution in [0.2, 0.25) is 0 Å². The molecule has 0 spiro atoms. The van der Waals surface area contributed by atoms with E-state index in [1.807, 2.05) is 36.4 Å². The Bertz CT molecular complexity index is 1100. The number of aliphatic hydroxyl groups is 2. The van der Waals surface area contributed by atoms with Crippen molar-refractivity contribution < 1.29 is 19.3 Å². The van der Waals surface area contributed by atoms with E-state index in [-0.39, 0.29) is 18.3 Å². The number of aromatic nitrogens is 1. The van der Waals surface area contributed by atoms with Gasteiger partial charge in [0.2, 0.25) is 0 Å². The zero-order valence-corrected chi connectivity index (χ0v) is 21.1. The Balaban J connectivity index is 1.26. The second-order valence-corrected chi connectivity index (χ2v) is 10.4. The monoisotopic (exact) mass is 498 g/mol. The van der Waals surface area contributed by atoms with Gasteiger partial charge in [0.1, 0.15) is 11.6 Å². The molecule has 1 fully saturated rings. The van der Waals surface area contributed by atoms with Crippen molar-refractivity contribution in [3.63, 3.8) is 0 Å². The number of fused-ring (bicyclic) bond motifs is 1. The van der Waals surface area contributed by atoms with Crippen LogP contribution in [0.5, 0.6) is 5.75 Å². The fraction of sp³-hybridized carbons (Fsp3) is 0.464. The predicted molar refractivity (Wildman–Crippen MR) is 139 cm³/mol. The van der Waals surface area contributed by atoms with E-state index >= 15 is 0 Å². The molecule has 0 aliphatic carbocycles. The summed E-state index contributed by atoms with van der Waals surface area (Å²) in [6.45, 7) is 2.99. The van der Waals surface area contributed by atoms with Gasteiger partial charge in [0, 0.05) is 29.6 Å². The molecule has 1 aliphatic rings. The zero-order valence-electron chi connectivity index (χ0n) is 20.3. The smallest absolute Gasteiger partial charge is 0.136 e. The summed E-state index contributed by atoms with van der Waals surface area (Å²) in [5.41, 5.74) is 1.72. The van der Waals surface area contributed by atoms with Crippen LogP contribution in [0, 0.1) is 17.7 Å². The Morgan fingerprint density at radius 2 is 2.06 bits per heavy atom. The molecule has 2 aromatic carbocycles. The number of ether oxygens (including phenoxy) is 1. The fourth-order valence-corrected chi connectivity index (χ4v) is 5.94. The molecule has 7 heteroatoms. The normalized spacial score (nSPS) is 19.7. The number of hydrogen-bond donors (Lipinski definition) is 2. The molecule has 3 atom stereocenters. The van der Waals surface area contributed by atoms with Crippen molar-refractivity contribution in [2.45, 2.75) is 36.7 Å². The average molecular weight is 499 g/mol.